The molecule has 1 aliphatic heterocycles. The molecule has 2 heterocycles. The Hall–Kier alpha value is -2.14. The molecule has 0 radical (unpaired) electrons. The van der Waals surface area contributed by atoms with Gasteiger partial charge in [0, 0.05) is 13.0 Å². The van der Waals surface area contributed by atoms with Crippen molar-refractivity contribution in [3.63, 3.8) is 0 Å². The second kappa shape index (κ2) is 6.96. The maximum Gasteiger partial charge on any atom is 0.222 e. The lowest BCUT2D eigenvalue weighted by atomic mass is 10.1. The molecule has 122 valence electrons. The number of hydrogen-bond acceptors (Lipinski definition) is 3. The summed E-state index contributed by atoms with van der Waals surface area (Å²) in [5.74, 6) is 0.201. The predicted octanol–water partition coefficient (Wildman–Crippen LogP) is 2.30. The average Bonchev–Trinajstić information content (AvgIpc) is 2.99. The number of aliphatic hydroxyl groups is 1. The molecular formula is C18H23N3O2. The third kappa shape index (κ3) is 3.79. The van der Waals surface area contributed by atoms with Crippen LogP contribution in [0.15, 0.2) is 36.4 Å². The van der Waals surface area contributed by atoms with Gasteiger partial charge in [0.05, 0.1) is 30.6 Å². The normalized spacial score (nSPS) is 15.3. The first-order chi connectivity index (χ1) is 11.1. The zero-order chi connectivity index (χ0) is 16.2. The zero-order valence-corrected chi connectivity index (χ0v) is 13.5. The molecule has 0 saturated heterocycles. The van der Waals surface area contributed by atoms with Crippen molar-refractivity contribution < 1.29 is 9.90 Å². The number of aryl methyl sites for hydroxylation is 1. The number of benzene rings is 1. The topological polar surface area (TPSA) is 58.4 Å². The first-order valence-corrected chi connectivity index (χ1v) is 8.20. The Morgan fingerprint density at radius 3 is 2.83 bits per heavy atom. The van der Waals surface area contributed by atoms with Crippen LogP contribution in [0.1, 0.15) is 42.8 Å². The Morgan fingerprint density at radius 2 is 2.09 bits per heavy atom. The SMILES string of the molecule is C[C@@H](O)c1cc2n(n1)CCN(C(=O)CCCc1ccccc1)C2. The summed E-state index contributed by atoms with van der Waals surface area (Å²) in [5.41, 5.74) is 2.96. The van der Waals surface area contributed by atoms with Crippen molar-refractivity contribution in [1.29, 1.82) is 0 Å². The van der Waals surface area contributed by atoms with Gasteiger partial charge in [-0.1, -0.05) is 30.3 Å². The van der Waals surface area contributed by atoms with Gasteiger partial charge in [-0.2, -0.15) is 5.10 Å². The van der Waals surface area contributed by atoms with E-state index in [1.807, 2.05) is 33.8 Å². The van der Waals surface area contributed by atoms with E-state index < -0.39 is 6.10 Å². The number of hydrogen-bond donors (Lipinski definition) is 1. The van der Waals surface area contributed by atoms with Gasteiger partial charge < -0.3 is 10.0 Å². The van der Waals surface area contributed by atoms with Gasteiger partial charge in [-0.25, -0.2) is 0 Å². The minimum Gasteiger partial charge on any atom is -0.387 e. The highest BCUT2D eigenvalue weighted by molar-refractivity contribution is 5.76. The van der Waals surface area contributed by atoms with E-state index >= 15 is 0 Å². The molecule has 0 aliphatic carbocycles. The molecule has 5 nitrogen and oxygen atoms in total. The van der Waals surface area contributed by atoms with Gasteiger partial charge >= 0.3 is 0 Å². The first-order valence-electron chi connectivity index (χ1n) is 8.20. The van der Waals surface area contributed by atoms with E-state index in [-0.39, 0.29) is 5.91 Å². The molecule has 2 aromatic rings. The largest absolute Gasteiger partial charge is 0.387 e. The Balaban J connectivity index is 1.52. The average molecular weight is 313 g/mol. The summed E-state index contributed by atoms with van der Waals surface area (Å²) in [6.45, 7) is 3.69. The summed E-state index contributed by atoms with van der Waals surface area (Å²) >= 11 is 0. The predicted molar refractivity (Wildman–Crippen MR) is 87.7 cm³/mol. The number of carbonyl (C=O) groups is 1. The van der Waals surface area contributed by atoms with E-state index in [0.717, 1.165) is 18.5 Å². The van der Waals surface area contributed by atoms with E-state index in [0.29, 0.717) is 31.7 Å². The number of aromatic nitrogens is 2. The Bertz CT molecular complexity index is 664. The fourth-order valence-corrected chi connectivity index (χ4v) is 2.95. The monoisotopic (exact) mass is 313 g/mol. The van der Waals surface area contributed by atoms with Gasteiger partial charge in [-0.3, -0.25) is 9.48 Å². The Kier molecular flexibility index (Phi) is 4.76. The van der Waals surface area contributed by atoms with Crippen molar-refractivity contribution in [2.45, 2.75) is 45.4 Å². The highest BCUT2D eigenvalue weighted by Crippen LogP contribution is 2.18. The van der Waals surface area contributed by atoms with Crippen LogP contribution < -0.4 is 0 Å². The highest BCUT2D eigenvalue weighted by Gasteiger charge is 2.22. The molecule has 1 amide bonds. The number of nitrogens with zero attached hydrogens (tertiary/aromatic N) is 3. The minimum atomic E-state index is -0.567. The van der Waals surface area contributed by atoms with Crippen molar-refractivity contribution in [3.8, 4) is 0 Å². The van der Waals surface area contributed by atoms with Crippen LogP contribution in [0.2, 0.25) is 0 Å². The summed E-state index contributed by atoms with van der Waals surface area (Å²) in [7, 11) is 0. The lowest BCUT2D eigenvalue weighted by Gasteiger charge is -2.27. The summed E-state index contributed by atoms with van der Waals surface area (Å²) in [6, 6.07) is 12.2. The van der Waals surface area contributed by atoms with Crippen LogP contribution in [0, 0.1) is 0 Å². The van der Waals surface area contributed by atoms with Crippen molar-refractivity contribution in [2.75, 3.05) is 6.54 Å². The summed E-state index contributed by atoms with van der Waals surface area (Å²) in [6.07, 6.45) is 1.82. The molecule has 3 rings (SSSR count). The van der Waals surface area contributed by atoms with Gasteiger partial charge in [0.2, 0.25) is 5.91 Å². The maximum absolute atomic E-state index is 12.4. The van der Waals surface area contributed by atoms with E-state index in [1.165, 1.54) is 5.56 Å². The molecule has 0 fully saturated rings. The van der Waals surface area contributed by atoms with Crippen LogP contribution in [-0.4, -0.2) is 32.2 Å². The van der Waals surface area contributed by atoms with Crippen LogP contribution in [0.3, 0.4) is 0 Å². The fourth-order valence-electron chi connectivity index (χ4n) is 2.95. The van der Waals surface area contributed by atoms with Crippen LogP contribution in [-0.2, 0) is 24.3 Å². The Labute approximate surface area is 136 Å². The highest BCUT2D eigenvalue weighted by atomic mass is 16.3. The maximum atomic E-state index is 12.4. The lowest BCUT2D eigenvalue weighted by Crippen LogP contribution is -2.38. The van der Waals surface area contributed by atoms with Crippen LogP contribution in [0.4, 0.5) is 0 Å². The zero-order valence-electron chi connectivity index (χ0n) is 13.5. The Morgan fingerprint density at radius 1 is 1.30 bits per heavy atom. The molecule has 0 spiro atoms. The van der Waals surface area contributed by atoms with E-state index in [9.17, 15) is 9.90 Å². The molecule has 1 aromatic heterocycles. The van der Waals surface area contributed by atoms with Crippen LogP contribution >= 0.6 is 0 Å². The van der Waals surface area contributed by atoms with Gasteiger partial charge in [0.25, 0.3) is 0 Å². The third-order valence-corrected chi connectivity index (χ3v) is 4.30. The van der Waals surface area contributed by atoms with Crippen molar-refractivity contribution >= 4 is 5.91 Å². The van der Waals surface area contributed by atoms with Crippen molar-refractivity contribution in [1.82, 2.24) is 14.7 Å². The standard InChI is InChI=1S/C18H23N3O2/c1-14(22)17-12-16-13-20(10-11-21(16)19-17)18(23)9-5-8-15-6-3-2-4-7-15/h2-4,6-7,12,14,22H,5,8-11,13H2,1H3/t14-/m1/s1. The van der Waals surface area contributed by atoms with Gasteiger partial charge in [-0.05, 0) is 31.4 Å². The summed E-state index contributed by atoms with van der Waals surface area (Å²) in [4.78, 5) is 14.3. The molecule has 0 unspecified atom stereocenters. The van der Waals surface area contributed by atoms with Crippen LogP contribution in [0.5, 0.6) is 0 Å². The molecular weight excluding hydrogens is 290 g/mol. The second-order valence-electron chi connectivity index (χ2n) is 6.11. The summed E-state index contributed by atoms with van der Waals surface area (Å²) in [5, 5.41) is 14.0. The molecule has 1 aliphatic rings. The number of fused-ring (bicyclic) bond motifs is 1. The summed E-state index contributed by atoms with van der Waals surface area (Å²) < 4.78 is 1.90. The van der Waals surface area contributed by atoms with Crippen molar-refractivity contribution in [3.05, 3.63) is 53.3 Å². The van der Waals surface area contributed by atoms with Gasteiger partial charge in [-0.15, -0.1) is 0 Å². The molecule has 1 N–H and O–H groups in total. The number of aliphatic hydroxyl groups excluding tert-OH is 1. The molecule has 1 aromatic carbocycles. The second-order valence-corrected chi connectivity index (χ2v) is 6.11. The number of rotatable bonds is 5. The van der Waals surface area contributed by atoms with Crippen LogP contribution in [0.25, 0.3) is 0 Å². The van der Waals surface area contributed by atoms with Crippen molar-refractivity contribution in [2.24, 2.45) is 0 Å². The van der Waals surface area contributed by atoms with Gasteiger partial charge in [0.15, 0.2) is 0 Å². The number of carbonyl (C=O) groups excluding carboxylic acids is 1. The van der Waals surface area contributed by atoms with E-state index in [4.69, 9.17) is 0 Å². The molecule has 0 saturated carbocycles. The smallest absolute Gasteiger partial charge is 0.222 e. The van der Waals surface area contributed by atoms with Gasteiger partial charge in [0.1, 0.15) is 0 Å². The molecule has 5 heteroatoms. The molecule has 23 heavy (non-hydrogen) atoms. The first kappa shape index (κ1) is 15.7. The van der Waals surface area contributed by atoms with E-state index in [1.54, 1.807) is 6.92 Å². The lowest BCUT2D eigenvalue weighted by molar-refractivity contribution is -0.132. The molecule has 1 atom stereocenters. The van der Waals surface area contributed by atoms with E-state index in [2.05, 4.69) is 17.2 Å². The quantitative estimate of drug-likeness (QED) is 0.921. The molecule has 0 bridgehead atoms. The third-order valence-electron chi connectivity index (χ3n) is 4.30. The fraction of sp³-hybridized carbons (Fsp3) is 0.444. The number of amides is 1. The minimum absolute atomic E-state index is 0.201.